The number of aryl methyl sites for hydroxylation is 1. The first-order chi connectivity index (χ1) is 11.6. The zero-order chi connectivity index (χ0) is 17.4. The molecule has 0 saturated carbocycles. The number of rotatable bonds is 5. The van der Waals surface area contributed by atoms with Crippen LogP contribution in [0.5, 0.6) is 0 Å². The molecule has 1 aromatic carbocycles. The number of nitrogens with zero attached hydrogens (tertiary/aromatic N) is 2. The van der Waals surface area contributed by atoms with E-state index in [1.54, 1.807) is 7.05 Å². The molecule has 0 bridgehead atoms. The summed E-state index contributed by atoms with van der Waals surface area (Å²) in [6, 6.07) is 8.39. The third-order valence-corrected chi connectivity index (χ3v) is 4.41. The smallest absolute Gasteiger partial charge is 0.224 e. The number of hydrogen-bond donors (Lipinski definition) is 2. The predicted octanol–water partition coefficient (Wildman–Crippen LogP) is 2.31. The third-order valence-electron chi connectivity index (χ3n) is 4.41. The molecule has 1 heterocycles. The van der Waals surface area contributed by atoms with Crippen LogP contribution < -0.4 is 10.6 Å². The van der Waals surface area contributed by atoms with Crippen LogP contribution in [0, 0.1) is 12.8 Å². The van der Waals surface area contributed by atoms with Crippen LogP contribution in [-0.2, 0) is 11.3 Å². The molecule has 1 unspecified atom stereocenters. The highest BCUT2D eigenvalue weighted by atomic mass is 16.2. The lowest BCUT2D eigenvalue weighted by atomic mass is 10.00. The Bertz CT molecular complexity index is 570. The van der Waals surface area contributed by atoms with Crippen molar-refractivity contribution in [3.63, 3.8) is 0 Å². The van der Waals surface area contributed by atoms with Crippen LogP contribution in [0.4, 0.5) is 0 Å². The molecule has 5 nitrogen and oxygen atoms in total. The van der Waals surface area contributed by atoms with Crippen molar-refractivity contribution in [3.8, 4) is 0 Å². The summed E-state index contributed by atoms with van der Waals surface area (Å²) in [5, 5.41) is 6.51. The Hall–Kier alpha value is -2.04. The van der Waals surface area contributed by atoms with Crippen molar-refractivity contribution in [1.82, 2.24) is 15.5 Å². The van der Waals surface area contributed by atoms with Crippen molar-refractivity contribution < 1.29 is 4.79 Å². The molecule has 1 aliphatic rings. The standard InChI is InChI=1S/C19H30N4O/c1-15-6-4-8-17(12-15)13-22-19(20-3)21-10-9-18(24)23-11-5-7-16(2)14-23/h4,6,8,12,16H,5,7,9-11,13-14H2,1-3H3,(H2,20,21,22). The average Bonchev–Trinajstić information content (AvgIpc) is 2.57. The van der Waals surface area contributed by atoms with E-state index in [-0.39, 0.29) is 5.91 Å². The van der Waals surface area contributed by atoms with E-state index in [1.165, 1.54) is 17.5 Å². The van der Waals surface area contributed by atoms with Gasteiger partial charge >= 0.3 is 0 Å². The first kappa shape index (κ1) is 18.3. The summed E-state index contributed by atoms with van der Waals surface area (Å²) in [7, 11) is 1.75. The Balaban J connectivity index is 1.70. The highest BCUT2D eigenvalue weighted by Crippen LogP contribution is 2.15. The van der Waals surface area contributed by atoms with E-state index < -0.39 is 0 Å². The fourth-order valence-corrected chi connectivity index (χ4v) is 3.09. The molecular formula is C19H30N4O. The Labute approximate surface area is 145 Å². The molecule has 1 amide bonds. The Morgan fingerprint density at radius 1 is 1.38 bits per heavy atom. The minimum absolute atomic E-state index is 0.239. The second-order valence-electron chi connectivity index (χ2n) is 6.68. The summed E-state index contributed by atoms with van der Waals surface area (Å²) in [5.74, 6) is 1.60. The lowest BCUT2D eigenvalue weighted by Crippen LogP contribution is -2.42. The molecule has 1 aliphatic heterocycles. The van der Waals surface area contributed by atoms with Gasteiger partial charge in [0.1, 0.15) is 0 Å². The Kier molecular flexibility index (Phi) is 7.09. The molecule has 1 atom stereocenters. The lowest BCUT2D eigenvalue weighted by molar-refractivity contribution is -0.132. The number of carbonyl (C=O) groups is 1. The van der Waals surface area contributed by atoms with Gasteiger partial charge in [0.2, 0.25) is 5.91 Å². The van der Waals surface area contributed by atoms with Crippen LogP contribution >= 0.6 is 0 Å². The molecule has 0 spiro atoms. The van der Waals surface area contributed by atoms with Gasteiger partial charge in [-0.2, -0.15) is 0 Å². The molecule has 0 aliphatic carbocycles. The second kappa shape index (κ2) is 9.30. The zero-order valence-corrected chi connectivity index (χ0v) is 15.1. The van der Waals surface area contributed by atoms with Crippen LogP contribution in [0.1, 0.15) is 37.3 Å². The number of aliphatic imine (C=N–C) groups is 1. The van der Waals surface area contributed by atoms with Gasteiger partial charge < -0.3 is 15.5 Å². The van der Waals surface area contributed by atoms with Crippen LogP contribution in [-0.4, -0.2) is 43.4 Å². The van der Waals surface area contributed by atoms with Crippen LogP contribution in [0.3, 0.4) is 0 Å². The minimum atomic E-state index is 0.239. The topological polar surface area (TPSA) is 56.7 Å². The zero-order valence-electron chi connectivity index (χ0n) is 15.1. The number of hydrogen-bond acceptors (Lipinski definition) is 2. The van der Waals surface area contributed by atoms with Crippen LogP contribution in [0.2, 0.25) is 0 Å². The van der Waals surface area contributed by atoms with Crippen molar-refractivity contribution in [1.29, 1.82) is 0 Å². The molecule has 1 fully saturated rings. The molecule has 24 heavy (non-hydrogen) atoms. The average molecular weight is 330 g/mol. The van der Waals surface area contributed by atoms with Gasteiger partial charge in [-0.15, -0.1) is 0 Å². The fraction of sp³-hybridized carbons (Fsp3) is 0.579. The molecule has 132 valence electrons. The van der Waals surface area contributed by atoms with Crippen molar-refractivity contribution >= 4 is 11.9 Å². The molecule has 2 N–H and O–H groups in total. The van der Waals surface area contributed by atoms with E-state index in [9.17, 15) is 4.79 Å². The maximum Gasteiger partial charge on any atom is 0.224 e. The van der Waals surface area contributed by atoms with Gasteiger partial charge in [-0.3, -0.25) is 9.79 Å². The van der Waals surface area contributed by atoms with Gasteiger partial charge in [-0.05, 0) is 31.2 Å². The number of nitrogens with one attached hydrogen (secondary N) is 2. The first-order valence-corrected chi connectivity index (χ1v) is 8.86. The number of carbonyl (C=O) groups excluding carboxylic acids is 1. The van der Waals surface area contributed by atoms with Crippen molar-refractivity contribution in [2.75, 3.05) is 26.7 Å². The minimum Gasteiger partial charge on any atom is -0.356 e. The lowest BCUT2D eigenvalue weighted by Gasteiger charge is -2.31. The van der Waals surface area contributed by atoms with Crippen LogP contribution in [0.15, 0.2) is 29.3 Å². The maximum atomic E-state index is 12.3. The number of likely N-dealkylation sites (tertiary alicyclic amines) is 1. The monoisotopic (exact) mass is 330 g/mol. The summed E-state index contributed by atoms with van der Waals surface area (Å²) in [6.45, 7) is 7.44. The third kappa shape index (κ3) is 5.87. The summed E-state index contributed by atoms with van der Waals surface area (Å²) in [5.41, 5.74) is 2.47. The summed E-state index contributed by atoms with van der Waals surface area (Å²) in [4.78, 5) is 18.5. The van der Waals surface area contributed by atoms with Crippen LogP contribution in [0.25, 0.3) is 0 Å². The number of guanidine groups is 1. The van der Waals surface area contributed by atoms with Gasteiger partial charge in [0.25, 0.3) is 0 Å². The van der Waals surface area contributed by atoms with Gasteiger partial charge in [0, 0.05) is 39.6 Å². The van der Waals surface area contributed by atoms with E-state index in [0.717, 1.165) is 32.0 Å². The normalized spacial score (nSPS) is 18.4. The number of piperidine rings is 1. The van der Waals surface area contributed by atoms with E-state index in [0.29, 0.717) is 18.9 Å². The van der Waals surface area contributed by atoms with Crippen molar-refractivity contribution in [3.05, 3.63) is 35.4 Å². The molecule has 1 saturated heterocycles. The van der Waals surface area contributed by atoms with E-state index in [4.69, 9.17) is 0 Å². The number of benzene rings is 1. The molecule has 2 rings (SSSR count). The highest BCUT2D eigenvalue weighted by Gasteiger charge is 2.20. The Morgan fingerprint density at radius 2 is 2.21 bits per heavy atom. The van der Waals surface area contributed by atoms with Gasteiger partial charge in [0.15, 0.2) is 5.96 Å². The van der Waals surface area contributed by atoms with E-state index in [1.807, 2.05) is 4.90 Å². The maximum absolute atomic E-state index is 12.3. The molecule has 5 heteroatoms. The van der Waals surface area contributed by atoms with Crippen molar-refractivity contribution in [2.24, 2.45) is 10.9 Å². The summed E-state index contributed by atoms with van der Waals surface area (Å²) >= 11 is 0. The number of amides is 1. The molecule has 0 aromatic heterocycles. The fourth-order valence-electron chi connectivity index (χ4n) is 3.09. The van der Waals surface area contributed by atoms with Gasteiger partial charge in [0.05, 0.1) is 0 Å². The SMILES string of the molecule is CN=C(NCCC(=O)N1CCCC(C)C1)NCc1cccc(C)c1. The largest absolute Gasteiger partial charge is 0.356 e. The molecule has 1 aromatic rings. The van der Waals surface area contributed by atoms with Gasteiger partial charge in [-0.25, -0.2) is 0 Å². The Morgan fingerprint density at radius 3 is 2.92 bits per heavy atom. The summed E-state index contributed by atoms with van der Waals surface area (Å²) in [6.07, 6.45) is 2.87. The van der Waals surface area contributed by atoms with Crippen molar-refractivity contribution in [2.45, 2.75) is 39.7 Å². The second-order valence-corrected chi connectivity index (χ2v) is 6.68. The summed E-state index contributed by atoms with van der Waals surface area (Å²) < 4.78 is 0. The molecular weight excluding hydrogens is 300 g/mol. The van der Waals surface area contributed by atoms with E-state index in [2.05, 4.69) is 53.7 Å². The van der Waals surface area contributed by atoms with Gasteiger partial charge in [-0.1, -0.05) is 36.8 Å². The van der Waals surface area contributed by atoms with E-state index >= 15 is 0 Å². The molecule has 0 radical (unpaired) electrons. The predicted molar refractivity (Wildman–Crippen MR) is 99.0 cm³/mol. The highest BCUT2D eigenvalue weighted by molar-refractivity contribution is 5.81. The quantitative estimate of drug-likeness (QED) is 0.643. The first-order valence-electron chi connectivity index (χ1n) is 8.86.